The largest absolute Gasteiger partial charge is 0.451 e. The lowest BCUT2D eigenvalue weighted by molar-refractivity contribution is -0.144. The minimum Gasteiger partial charge on any atom is -0.444 e. The summed E-state index contributed by atoms with van der Waals surface area (Å²) >= 11 is 0. The van der Waals surface area contributed by atoms with Crippen molar-refractivity contribution >= 4 is 11.6 Å². The van der Waals surface area contributed by atoms with E-state index in [1.807, 2.05) is 6.92 Å². The van der Waals surface area contributed by atoms with Crippen molar-refractivity contribution in [1.82, 2.24) is 15.0 Å². The van der Waals surface area contributed by atoms with Crippen molar-refractivity contribution in [2.24, 2.45) is 0 Å². The number of nitrogens with zero attached hydrogens (tertiary/aromatic N) is 3. The van der Waals surface area contributed by atoms with Gasteiger partial charge < -0.3 is 15.5 Å². The van der Waals surface area contributed by atoms with Crippen LogP contribution in [-0.2, 0) is 19.1 Å². The van der Waals surface area contributed by atoms with E-state index in [0.29, 0.717) is 18.1 Å². The van der Waals surface area contributed by atoms with Gasteiger partial charge in [0.2, 0.25) is 11.7 Å². The highest BCUT2D eigenvalue weighted by molar-refractivity contribution is 5.44. The van der Waals surface area contributed by atoms with E-state index in [-0.39, 0.29) is 18.2 Å². The molecule has 0 saturated heterocycles. The Morgan fingerprint density at radius 3 is 2.70 bits per heavy atom. The Bertz CT molecular complexity index is 596. The Kier molecular flexibility index (Phi) is 3.77. The molecule has 0 saturated carbocycles. The first kappa shape index (κ1) is 14.1. The number of nitrogen functional groups attached to an aromatic ring is 1. The second-order valence-corrected chi connectivity index (χ2v) is 3.93. The van der Waals surface area contributed by atoms with Crippen LogP contribution < -0.4 is 11.1 Å². The third kappa shape index (κ3) is 3.37. The first-order valence-corrected chi connectivity index (χ1v) is 5.77. The maximum atomic E-state index is 12.5. The zero-order chi connectivity index (χ0) is 14.8. The minimum atomic E-state index is -4.65. The van der Waals surface area contributed by atoms with Gasteiger partial charge in [-0.05, 0) is 0 Å². The molecule has 6 nitrogen and oxygen atoms in total. The normalized spacial score (nSPS) is 11.6. The van der Waals surface area contributed by atoms with E-state index in [0.717, 1.165) is 0 Å². The molecule has 0 atom stereocenters. The number of nitrogens with one attached hydrogen (secondary N) is 1. The Labute approximate surface area is 112 Å². The standard InChI is InChI=1S/C11H12F3N5O/c1-2-6-4-17-9(20-6)5-16-8-3-7(15)18-10(19-8)11(12,13)14/h3-4H,2,5H2,1H3,(H3,15,16,18,19). The SMILES string of the molecule is CCc1cnc(CNc2cc(N)nc(C(F)(F)F)n2)o1. The van der Waals surface area contributed by atoms with Gasteiger partial charge >= 0.3 is 6.18 Å². The average Bonchev–Trinajstić information content (AvgIpc) is 2.82. The maximum absolute atomic E-state index is 12.5. The zero-order valence-electron chi connectivity index (χ0n) is 10.5. The molecule has 0 aliphatic rings. The van der Waals surface area contributed by atoms with Crippen molar-refractivity contribution in [2.45, 2.75) is 26.1 Å². The lowest BCUT2D eigenvalue weighted by atomic mass is 10.4. The van der Waals surface area contributed by atoms with Gasteiger partial charge in [0.15, 0.2) is 0 Å². The Hall–Kier alpha value is -2.32. The summed E-state index contributed by atoms with van der Waals surface area (Å²) in [6.45, 7) is 2.01. The summed E-state index contributed by atoms with van der Waals surface area (Å²) in [7, 11) is 0. The van der Waals surface area contributed by atoms with Gasteiger partial charge in [-0.25, -0.2) is 15.0 Å². The second kappa shape index (κ2) is 5.35. The fourth-order valence-electron chi connectivity index (χ4n) is 1.44. The molecule has 0 aromatic carbocycles. The summed E-state index contributed by atoms with van der Waals surface area (Å²) in [6.07, 6.45) is -2.40. The molecular formula is C11H12F3N5O. The molecule has 0 unspecified atom stereocenters. The maximum Gasteiger partial charge on any atom is 0.451 e. The molecule has 9 heteroatoms. The van der Waals surface area contributed by atoms with Crippen LogP contribution in [0.4, 0.5) is 24.8 Å². The molecule has 0 bridgehead atoms. The molecule has 0 aliphatic heterocycles. The molecule has 20 heavy (non-hydrogen) atoms. The molecule has 0 aliphatic carbocycles. The van der Waals surface area contributed by atoms with Gasteiger partial charge in [0.25, 0.3) is 0 Å². The van der Waals surface area contributed by atoms with E-state index in [1.54, 1.807) is 6.20 Å². The molecule has 108 valence electrons. The molecule has 2 rings (SSSR count). The number of alkyl halides is 3. The number of aryl methyl sites for hydroxylation is 1. The van der Waals surface area contributed by atoms with E-state index in [4.69, 9.17) is 10.2 Å². The molecule has 0 fully saturated rings. The van der Waals surface area contributed by atoms with E-state index in [1.165, 1.54) is 6.07 Å². The van der Waals surface area contributed by atoms with Crippen molar-refractivity contribution in [3.63, 3.8) is 0 Å². The molecule has 0 amide bonds. The smallest absolute Gasteiger partial charge is 0.444 e. The molecule has 2 heterocycles. The summed E-state index contributed by atoms with van der Waals surface area (Å²) in [5.41, 5.74) is 5.32. The van der Waals surface area contributed by atoms with Crippen LogP contribution in [0, 0.1) is 0 Å². The van der Waals surface area contributed by atoms with Gasteiger partial charge in [0.05, 0.1) is 12.7 Å². The van der Waals surface area contributed by atoms with Crippen molar-refractivity contribution in [3.8, 4) is 0 Å². The predicted molar refractivity (Wildman–Crippen MR) is 64.7 cm³/mol. The van der Waals surface area contributed by atoms with Crippen molar-refractivity contribution in [1.29, 1.82) is 0 Å². The van der Waals surface area contributed by atoms with Crippen LogP contribution in [0.25, 0.3) is 0 Å². The van der Waals surface area contributed by atoms with Crippen LogP contribution in [-0.4, -0.2) is 15.0 Å². The highest BCUT2D eigenvalue weighted by atomic mass is 19.4. The van der Waals surface area contributed by atoms with Crippen molar-refractivity contribution in [3.05, 3.63) is 29.7 Å². The predicted octanol–water partition coefficient (Wildman–Crippen LogP) is 2.24. The fourth-order valence-corrected chi connectivity index (χ4v) is 1.44. The number of hydrogen-bond donors (Lipinski definition) is 2. The average molecular weight is 287 g/mol. The Morgan fingerprint density at radius 1 is 1.35 bits per heavy atom. The highest BCUT2D eigenvalue weighted by Crippen LogP contribution is 2.27. The first-order valence-electron chi connectivity index (χ1n) is 5.77. The number of halogens is 3. The topological polar surface area (TPSA) is 89.9 Å². The van der Waals surface area contributed by atoms with E-state index in [9.17, 15) is 13.2 Å². The Balaban J connectivity index is 2.11. The quantitative estimate of drug-likeness (QED) is 0.896. The van der Waals surface area contributed by atoms with Gasteiger partial charge in [-0.15, -0.1) is 0 Å². The summed E-state index contributed by atoms with van der Waals surface area (Å²) in [5, 5.41) is 2.66. The molecule has 2 aromatic rings. The van der Waals surface area contributed by atoms with Gasteiger partial charge in [-0.2, -0.15) is 13.2 Å². The van der Waals surface area contributed by atoms with E-state index >= 15 is 0 Å². The number of anilines is 2. The van der Waals surface area contributed by atoms with E-state index in [2.05, 4.69) is 20.3 Å². The third-order valence-corrected chi connectivity index (χ3v) is 2.37. The monoisotopic (exact) mass is 287 g/mol. The molecular weight excluding hydrogens is 275 g/mol. The van der Waals surface area contributed by atoms with Gasteiger partial charge in [-0.1, -0.05) is 6.92 Å². The van der Waals surface area contributed by atoms with Crippen LogP contribution in [0.5, 0.6) is 0 Å². The molecule has 0 radical (unpaired) electrons. The number of hydrogen-bond acceptors (Lipinski definition) is 6. The van der Waals surface area contributed by atoms with Crippen LogP contribution in [0.1, 0.15) is 24.4 Å². The number of oxazole rings is 1. The van der Waals surface area contributed by atoms with Crippen LogP contribution in [0.3, 0.4) is 0 Å². The number of aromatic nitrogens is 3. The Morgan fingerprint density at radius 2 is 2.10 bits per heavy atom. The number of nitrogens with two attached hydrogens (primary N) is 1. The summed E-state index contributed by atoms with van der Waals surface area (Å²) in [5.74, 6) is -0.549. The summed E-state index contributed by atoms with van der Waals surface area (Å²) < 4.78 is 42.9. The van der Waals surface area contributed by atoms with Crippen LogP contribution in [0.2, 0.25) is 0 Å². The molecule has 2 aromatic heterocycles. The van der Waals surface area contributed by atoms with Gasteiger partial charge in [0.1, 0.15) is 17.4 Å². The fraction of sp³-hybridized carbons (Fsp3) is 0.364. The molecule has 3 N–H and O–H groups in total. The van der Waals surface area contributed by atoms with Gasteiger partial charge in [0, 0.05) is 12.5 Å². The number of rotatable bonds is 4. The molecule has 0 spiro atoms. The second-order valence-electron chi connectivity index (χ2n) is 3.93. The zero-order valence-corrected chi connectivity index (χ0v) is 10.5. The van der Waals surface area contributed by atoms with Crippen molar-refractivity contribution in [2.75, 3.05) is 11.1 Å². The lowest BCUT2D eigenvalue weighted by Gasteiger charge is -2.09. The van der Waals surface area contributed by atoms with E-state index < -0.39 is 12.0 Å². The van der Waals surface area contributed by atoms with Gasteiger partial charge in [-0.3, -0.25) is 0 Å². The summed E-state index contributed by atoms with van der Waals surface area (Å²) in [4.78, 5) is 10.5. The first-order chi connectivity index (χ1) is 9.38. The van der Waals surface area contributed by atoms with Crippen LogP contribution >= 0.6 is 0 Å². The highest BCUT2D eigenvalue weighted by Gasteiger charge is 2.35. The minimum absolute atomic E-state index is 0.0407. The van der Waals surface area contributed by atoms with Crippen molar-refractivity contribution < 1.29 is 17.6 Å². The third-order valence-electron chi connectivity index (χ3n) is 2.37. The summed E-state index contributed by atoms with van der Waals surface area (Å²) in [6, 6.07) is 1.21. The van der Waals surface area contributed by atoms with Crippen LogP contribution in [0.15, 0.2) is 16.7 Å². The lowest BCUT2D eigenvalue weighted by Crippen LogP contribution is -2.14.